The van der Waals surface area contributed by atoms with E-state index < -0.39 is 4.92 Å². The van der Waals surface area contributed by atoms with Crippen LogP contribution < -0.4 is 4.90 Å². The second-order valence-corrected chi connectivity index (χ2v) is 5.72. The molecule has 0 bridgehead atoms. The molecule has 1 aromatic carbocycles. The molecule has 4 rings (SSSR count). The van der Waals surface area contributed by atoms with Crippen LogP contribution in [0, 0.1) is 10.1 Å². The van der Waals surface area contributed by atoms with E-state index in [-0.39, 0.29) is 11.6 Å². The number of pyridine rings is 1. The first-order valence-corrected chi connectivity index (χ1v) is 8.08. The van der Waals surface area contributed by atoms with Crippen molar-refractivity contribution in [2.24, 2.45) is 0 Å². The Morgan fingerprint density at radius 3 is 2.73 bits per heavy atom. The summed E-state index contributed by atoms with van der Waals surface area (Å²) in [5.74, 6) is 0.605. The summed E-state index contributed by atoms with van der Waals surface area (Å²) in [4.78, 5) is 21.4. The molecule has 26 heavy (non-hydrogen) atoms. The summed E-state index contributed by atoms with van der Waals surface area (Å²) < 4.78 is 10.6. The molecule has 0 amide bonds. The fraction of sp³-hybridized carbons (Fsp3) is 0.235. The van der Waals surface area contributed by atoms with E-state index in [2.05, 4.69) is 15.1 Å². The summed E-state index contributed by atoms with van der Waals surface area (Å²) in [7, 11) is 0. The quantitative estimate of drug-likeness (QED) is 0.520. The predicted molar refractivity (Wildman–Crippen MR) is 92.7 cm³/mol. The number of hydrogen-bond acceptors (Lipinski definition) is 8. The molecule has 0 atom stereocenters. The van der Waals surface area contributed by atoms with Crippen LogP contribution in [0.3, 0.4) is 0 Å². The number of aromatic nitrogens is 3. The first-order chi connectivity index (χ1) is 12.7. The molecule has 1 fully saturated rings. The number of nitrogens with zero attached hydrogens (tertiary/aromatic N) is 5. The first-order valence-electron chi connectivity index (χ1n) is 8.08. The maximum atomic E-state index is 11.5. The molecule has 3 heterocycles. The van der Waals surface area contributed by atoms with Crippen LogP contribution >= 0.6 is 0 Å². The Bertz CT molecular complexity index is 922. The van der Waals surface area contributed by atoms with Gasteiger partial charge in [-0.15, -0.1) is 0 Å². The van der Waals surface area contributed by atoms with Crippen molar-refractivity contribution in [1.29, 1.82) is 0 Å². The summed E-state index contributed by atoms with van der Waals surface area (Å²) in [6, 6.07) is 8.51. The lowest BCUT2D eigenvalue weighted by molar-refractivity contribution is -0.384. The van der Waals surface area contributed by atoms with E-state index in [9.17, 15) is 10.1 Å². The van der Waals surface area contributed by atoms with Crippen LogP contribution in [0.25, 0.3) is 22.8 Å². The van der Waals surface area contributed by atoms with Crippen molar-refractivity contribution in [1.82, 2.24) is 15.1 Å². The molecule has 0 radical (unpaired) electrons. The molecule has 1 aliphatic heterocycles. The van der Waals surface area contributed by atoms with Crippen molar-refractivity contribution in [2.45, 2.75) is 0 Å². The standard InChI is InChI=1S/C17H15N5O4/c23-22(24)15-10-12(3-4-14(15)21-6-8-25-9-7-21)17-19-16(20-26-17)13-2-1-5-18-11-13/h1-5,10-11H,6-9H2. The zero-order chi connectivity index (χ0) is 17.9. The van der Waals surface area contributed by atoms with Crippen LogP contribution in [0.15, 0.2) is 47.2 Å². The molecule has 1 aliphatic rings. The Labute approximate surface area is 148 Å². The number of rotatable bonds is 4. The second-order valence-electron chi connectivity index (χ2n) is 5.72. The molecule has 0 aliphatic carbocycles. The monoisotopic (exact) mass is 353 g/mol. The maximum Gasteiger partial charge on any atom is 0.293 e. The fourth-order valence-electron chi connectivity index (χ4n) is 2.83. The van der Waals surface area contributed by atoms with Gasteiger partial charge >= 0.3 is 0 Å². The van der Waals surface area contributed by atoms with Gasteiger partial charge in [-0.25, -0.2) is 0 Å². The molecule has 2 aromatic heterocycles. The van der Waals surface area contributed by atoms with Crippen molar-refractivity contribution in [3.05, 3.63) is 52.8 Å². The van der Waals surface area contributed by atoms with Gasteiger partial charge in [-0.3, -0.25) is 15.1 Å². The van der Waals surface area contributed by atoms with Crippen molar-refractivity contribution in [3.63, 3.8) is 0 Å². The lowest BCUT2D eigenvalue weighted by atomic mass is 10.1. The minimum Gasteiger partial charge on any atom is -0.378 e. The zero-order valence-corrected chi connectivity index (χ0v) is 13.7. The van der Waals surface area contributed by atoms with Gasteiger partial charge in [0, 0.05) is 42.7 Å². The van der Waals surface area contributed by atoms with Crippen molar-refractivity contribution < 1.29 is 14.2 Å². The number of morpholine rings is 1. The molecule has 9 heteroatoms. The summed E-state index contributed by atoms with van der Waals surface area (Å²) in [6.07, 6.45) is 3.27. The van der Waals surface area contributed by atoms with Crippen molar-refractivity contribution >= 4 is 11.4 Å². The van der Waals surface area contributed by atoms with Crippen LogP contribution in [0.2, 0.25) is 0 Å². The van der Waals surface area contributed by atoms with Gasteiger partial charge in [-0.1, -0.05) is 5.16 Å². The number of nitro groups is 1. The van der Waals surface area contributed by atoms with Crippen LogP contribution in [-0.2, 0) is 4.74 Å². The van der Waals surface area contributed by atoms with Gasteiger partial charge in [0.1, 0.15) is 5.69 Å². The number of benzene rings is 1. The van der Waals surface area contributed by atoms with E-state index >= 15 is 0 Å². The average Bonchev–Trinajstić information content (AvgIpc) is 3.19. The van der Waals surface area contributed by atoms with Gasteiger partial charge in [0.2, 0.25) is 5.82 Å². The van der Waals surface area contributed by atoms with E-state index in [1.54, 1.807) is 30.6 Å². The third-order valence-electron chi connectivity index (χ3n) is 4.12. The Hall–Kier alpha value is -3.33. The summed E-state index contributed by atoms with van der Waals surface area (Å²) in [5.41, 5.74) is 1.78. The van der Waals surface area contributed by atoms with Gasteiger partial charge < -0.3 is 14.2 Å². The number of ether oxygens (including phenoxy) is 1. The zero-order valence-electron chi connectivity index (χ0n) is 13.7. The largest absolute Gasteiger partial charge is 0.378 e. The molecule has 0 N–H and O–H groups in total. The Morgan fingerprint density at radius 2 is 2.00 bits per heavy atom. The number of nitro benzene ring substituents is 1. The van der Waals surface area contributed by atoms with E-state index in [1.807, 2.05) is 11.0 Å². The van der Waals surface area contributed by atoms with Crippen LogP contribution in [0.4, 0.5) is 11.4 Å². The highest BCUT2D eigenvalue weighted by molar-refractivity contribution is 5.71. The van der Waals surface area contributed by atoms with E-state index in [0.717, 1.165) is 0 Å². The third-order valence-corrected chi connectivity index (χ3v) is 4.12. The maximum absolute atomic E-state index is 11.5. The smallest absolute Gasteiger partial charge is 0.293 e. The minimum absolute atomic E-state index is 0.00512. The molecular weight excluding hydrogens is 338 g/mol. The highest BCUT2D eigenvalue weighted by Gasteiger charge is 2.23. The lowest BCUT2D eigenvalue weighted by Gasteiger charge is -2.28. The third kappa shape index (κ3) is 3.11. The van der Waals surface area contributed by atoms with Gasteiger partial charge in [0.25, 0.3) is 11.6 Å². The van der Waals surface area contributed by atoms with Gasteiger partial charge in [-0.2, -0.15) is 4.98 Å². The molecular formula is C17H15N5O4. The number of anilines is 1. The van der Waals surface area contributed by atoms with E-state index in [1.165, 1.54) is 6.07 Å². The molecule has 3 aromatic rings. The fourth-order valence-corrected chi connectivity index (χ4v) is 2.83. The second kappa shape index (κ2) is 6.89. The topological polar surface area (TPSA) is 107 Å². The number of hydrogen-bond donors (Lipinski definition) is 0. The van der Waals surface area contributed by atoms with Gasteiger partial charge in [-0.05, 0) is 24.3 Å². The van der Waals surface area contributed by atoms with Crippen LogP contribution in [-0.4, -0.2) is 46.4 Å². The summed E-state index contributed by atoms with van der Waals surface area (Å²) in [6.45, 7) is 2.34. The Morgan fingerprint density at radius 1 is 1.15 bits per heavy atom. The highest BCUT2D eigenvalue weighted by Crippen LogP contribution is 2.33. The molecule has 0 spiro atoms. The van der Waals surface area contributed by atoms with Gasteiger partial charge in [0.15, 0.2) is 0 Å². The predicted octanol–water partition coefficient (Wildman–Crippen LogP) is 2.54. The van der Waals surface area contributed by atoms with Gasteiger partial charge in [0.05, 0.1) is 18.1 Å². The Kier molecular flexibility index (Phi) is 4.28. The van der Waals surface area contributed by atoms with Crippen molar-refractivity contribution in [3.8, 4) is 22.8 Å². The molecule has 132 valence electrons. The normalized spacial score (nSPS) is 14.4. The van der Waals surface area contributed by atoms with E-state index in [0.29, 0.717) is 48.9 Å². The van der Waals surface area contributed by atoms with Crippen molar-refractivity contribution in [2.75, 3.05) is 31.2 Å². The summed E-state index contributed by atoms with van der Waals surface area (Å²) in [5, 5.41) is 15.5. The highest BCUT2D eigenvalue weighted by atomic mass is 16.6. The average molecular weight is 353 g/mol. The van der Waals surface area contributed by atoms with E-state index in [4.69, 9.17) is 9.26 Å². The first kappa shape index (κ1) is 16.2. The molecule has 1 saturated heterocycles. The van der Waals surface area contributed by atoms with Crippen LogP contribution in [0.1, 0.15) is 0 Å². The molecule has 0 unspecified atom stereocenters. The lowest BCUT2D eigenvalue weighted by Crippen LogP contribution is -2.36. The Balaban J connectivity index is 1.68. The molecule has 9 nitrogen and oxygen atoms in total. The summed E-state index contributed by atoms with van der Waals surface area (Å²) >= 11 is 0. The molecule has 0 saturated carbocycles. The van der Waals surface area contributed by atoms with Crippen LogP contribution in [0.5, 0.6) is 0 Å². The SMILES string of the molecule is O=[N+]([O-])c1cc(-c2nc(-c3cccnc3)no2)ccc1N1CCOCC1. The minimum atomic E-state index is -0.396.